The minimum Gasteiger partial charge on any atom is -0.493 e. The zero-order valence-corrected chi connectivity index (χ0v) is 11.0. The summed E-state index contributed by atoms with van der Waals surface area (Å²) in [5.41, 5.74) is 5.79. The Balaban J connectivity index is 2.24. The summed E-state index contributed by atoms with van der Waals surface area (Å²) in [6.07, 6.45) is 2.92. The van der Waals surface area contributed by atoms with Crippen LogP contribution in [-0.2, 0) is 0 Å². The lowest BCUT2D eigenvalue weighted by Crippen LogP contribution is -2.23. The standard InChI is InChI=1S/C14H21F2NO/c1-14(2,10-17)7-3-4-8-18-11-5-6-12(15)13(16)9-11/h5-6,9H,3-4,7-8,10,17H2,1-2H3. The molecule has 1 aromatic carbocycles. The number of ether oxygens (including phenoxy) is 1. The molecule has 0 unspecified atom stereocenters. The van der Waals surface area contributed by atoms with E-state index in [9.17, 15) is 8.78 Å². The van der Waals surface area contributed by atoms with Crippen LogP contribution in [0, 0.1) is 17.0 Å². The smallest absolute Gasteiger partial charge is 0.162 e. The van der Waals surface area contributed by atoms with Crippen molar-refractivity contribution in [1.29, 1.82) is 0 Å². The van der Waals surface area contributed by atoms with Crippen molar-refractivity contribution in [2.45, 2.75) is 33.1 Å². The molecule has 0 amide bonds. The Labute approximate surface area is 107 Å². The van der Waals surface area contributed by atoms with Gasteiger partial charge >= 0.3 is 0 Å². The van der Waals surface area contributed by atoms with Gasteiger partial charge in [-0.25, -0.2) is 8.78 Å². The van der Waals surface area contributed by atoms with Gasteiger partial charge in [0.25, 0.3) is 0 Å². The summed E-state index contributed by atoms with van der Waals surface area (Å²) in [4.78, 5) is 0. The monoisotopic (exact) mass is 257 g/mol. The molecule has 0 saturated heterocycles. The van der Waals surface area contributed by atoms with Crippen LogP contribution in [0.15, 0.2) is 18.2 Å². The number of hydrogen-bond donors (Lipinski definition) is 1. The Morgan fingerprint density at radius 2 is 1.89 bits per heavy atom. The molecule has 1 rings (SSSR count). The van der Waals surface area contributed by atoms with Crippen molar-refractivity contribution >= 4 is 0 Å². The summed E-state index contributed by atoms with van der Waals surface area (Å²) in [5, 5.41) is 0. The first-order valence-corrected chi connectivity index (χ1v) is 6.22. The summed E-state index contributed by atoms with van der Waals surface area (Å²) in [6, 6.07) is 3.57. The highest BCUT2D eigenvalue weighted by atomic mass is 19.2. The van der Waals surface area contributed by atoms with Gasteiger partial charge in [0.1, 0.15) is 5.75 Å². The maximum Gasteiger partial charge on any atom is 0.162 e. The number of nitrogens with two attached hydrogens (primary N) is 1. The molecule has 0 bridgehead atoms. The summed E-state index contributed by atoms with van der Waals surface area (Å²) in [5.74, 6) is -1.37. The average Bonchev–Trinajstić information content (AvgIpc) is 2.33. The number of rotatable bonds is 7. The molecule has 2 N–H and O–H groups in total. The molecule has 1 aromatic rings. The summed E-state index contributed by atoms with van der Waals surface area (Å²) in [7, 11) is 0. The van der Waals surface area contributed by atoms with Gasteiger partial charge in [0.2, 0.25) is 0 Å². The molecule has 0 aliphatic carbocycles. The Bertz CT molecular complexity index is 380. The zero-order valence-electron chi connectivity index (χ0n) is 11.0. The fourth-order valence-electron chi connectivity index (χ4n) is 1.56. The van der Waals surface area contributed by atoms with Crippen LogP contribution in [-0.4, -0.2) is 13.2 Å². The second-order valence-electron chi connectivity index (χ2n) is 5.25. The van der Waals surface area contributed by atoms with Crippen LogP contribution in [0.1, 0.15) is 33.1 Å². The topological polar surface area (TPSA) is 35.2 Å². The fraction of sp³-hybridized carbons (Fsp3) is 0.571. The van der Waals surface area contributed by atoms with Crippen LogP contribution >= 0.6 is 0 Å². The van der Waals surface area contributed by atoms with Crippen molar-refractivity contribution in [1.82, 2.24) is 0 Å². The Hall–Kier alpha value is -1.16. The van der Waals surface area contributed by atoms with Crippen LogP contribution in [0.25, 0.3) is 0 Å². The van der Waals surface area contributed by atoms with E-state index in [1.165, 1.54) is 6.07 Å². The summed E-state index contributed by atoms with van der Waals surface area (Å²) in [6.45, 7) is 5.43. The molecule has 0 aliphatic rings. The van der Waals surface area contributed by atoms with Crippen molar-refractivity contribution in [3.8, 4) is 5.75 Å². The quantitative estimate of drug-likeness (QED) is 0.759. The van der Waals surface area contributed by atoms with E-state index in [0.717, 1.165) is 31.4 Å². The third-order valence-corrected chi connectivity index (χ3v) is 2.96. The molecule has 0 spiro atoms. The maximum atomic E-state index is 12.9. The van der Waals surface area contributed by atoms with Crippen LogP contribution in [0.3, 0.4) is 0 Å². The number of unbranched alkanes of at least 4 members (excludes halogenated alkanes) is 1. The molecule has 0 atom stereocenters. The molecule has 0 radical (unpaired) electrons. The lowest BCUT2D eigenvalue weighted by Gasteiger charge is -2.21. The lowest BCUT2D eigenvalue weighted by atomic mass is 9.87. The first-order valence-electron chi connectivity index (χ1n) is 6.22. The van der Waals surface area contributed by atoms with E-state index in [2.05, 4.69) is 13.8 Å². The lowest BCUT2D eigenvalue weighted by molar-refractivity contribution is 0.277. The molecule has 0 fully saturated rings. The number of benzene rings is 1. The maximum absolute atomic E-state index is 12.9. The largest absolute Gasteiger partial charge is 0.493 e. The molecule has 2 nitrogen and oxygen atoms in total. The van der Waals surface area contributed by atoms with Crippen molar-refractivity contribution < 1.29 is 13.5 Å². The first-order chi connectivity index (χ1) is 8.44. The van der Waals surface area contributed by atoms with Crippen LogP contribution in [0.5, 0.6) is 5.75 Å². The molecule has 0 aromatic heterocycles. The predicted octanol–water partition coefficient (Wildman–Crippen LogP) is 3.50. The van der Waals surface area contributed by atoms with E-state index in [1.54, 1.807) is 0 Å². The van der Waals surface area contributed by atoms with Gasteiger partial charge in [-0.1, -0.05) is 13.8 Å². The molecular weight excluding hydrogens is 236 g/mol. The second kappa shape index (κ2) is 6.69. The highest BCUT2D eigenvalue weighted by Gasteiger charge is 2.14. The predicted molar refractivity (Wildman–Crippen MR) is 68.5 cm³/mol. The molecule has 4 heteroatoms. The number of halogens is 2. The summed E-state index contributed by atoms with van der Waals surface area (Å²) >= 11 is 0. The molecule has 0 saturated carbocycles. The Morgan fingerprint density at radius 1 is 1.17 bits per heavy atom. The first kappa shape index (κ1) is 14.9. The van der Waals surface area contributed by atoms with Gasteiger partial charge in [-0.15, -0.1) is 0 Å². The van der Waals surface area contributed by atoms with E-state index in [-0.39, 0.29) is 5.41 Å². The summed E-state index contributed by atoms with van der Waals surface area (Å²) < 4.78 is 30.9. The van der Waals surface area contributed by atoms with Crippen LogP contribution < -0.4 is 10.5 Å². The zero-order chi connectivity index (χ0) is 13.6. The normalized spacial score (nSPS) is 11.6. The molecular formula is C14H21F2NO. The minimum absolute atomic E-state index is 0.155. The minimum atomic E-state index is -0.878. The Kier molecular flexibility index (Phi) is 5.54. The van der Waals surface area contributed by atoms with Gasteiger partial charge in [-0.3, -0.25) is 0 Å². The van der Waals surface area contributed by atoms with Crippen molar-refractivity contribution in [2.75, 3.05) is 13.2 Å². The average molecular weight is 257 g/mol. The van der Waals surface area contributed by atoms with E-state index in [1.807, 2.05) is 0 Å². The third-order valence-electron chi connectivity index (χ3n) is 2.96. The molecule has 0 aliphatic heterocycles. The fourth-order valence-corrected chi connectivity index (χ4v) is 1.56. The van der Waals surface area contributed by atoms with Crippen molar-refractivity contribution in [3.63, 3.8) is 0 Å². The van der Waals surface area contributed by atoms with Crippen LogP contribution in [0.4, 0.5) is 8.78 Å². The molecule has 102 valence electrons. The van der Waals surface area contributed by atoms with Crippen molar-refractivity contribution in [2.24, 2.45) is 11.1 Å². The van der Waals surface area contributed by atoms with E-state index in [0.29, 0.717) is 18.9 Å². The SMILES string of the molecule is CC(C)(CN)CCCCOc1ccc(F)c(F)c1. The van der Waals surface area contributed by atoms with E-state index >= 15 is 0 Å². The van der Waals surface area contributed by atoms with Gasteiger partial charge in [0.05, 0.1) is 6.61 Å². The van der Waals surface area contributed by atoms with E-state index in [4.69, 9.17) is 10.5 Å². The van der Waals surface area contributed by atoms with Gasteiger partial charge in [0, 0.05) is 6.07 Å². The second-order valence-corrected chi connectivity index (χ2v) is 5.25. The van der Waals surface area contributed by atoms with Gasteiger partial charge in [-0.05, 0) is 43.4 Å². The van der Waals surface area contributed by atoms with Crippen molar-refractivity contribution in [3.05, 3.63) is 29.8 Å². The van der Waals surface area contributed by atoms with Gasteiger partial charge in [-0.2, -0.15) is 0 Å². The third kappa shape index (κ3) is 5.00. The Morgan fingerprint density at radius 3 is 2.50 bits per heavy atom. The van der Waals surface area contributed by atoms with Gasteiger partial charge < -0.3 is 10.5 Å². The highest BCUT2D eigenvalue weighted by Crippen LogP contribution is 2.21. The molecule has 0 heterocycles. The highest BCUT2D eigenvalue weighted by molar-refractivity contribution is 5.23. The van der Waals surface area contributed by atoms with Gasteiger partial charge in [0.15, 0.2) is 11.6 Å². The van der Waals surface area contributed by atoms with Crippen LogP contribution in [0.2, 0.25) is 0 Å². The molecule has 18 heavy (non-hydrogen) atoms. The number of hydrogen-bond acceptors (Lipinski definition) is 2. The van der Waals surface area contributed by atoms with E-state index < -0.39 is 11.6 Å².